The molecule has 10 nitrogen and oxygen atoms in total. The predicted octanol–water partition coefficient (Wildman–Crippen LogP) is 4.29. The molecule has 0 radical (unpaired) electrons. The van der Waals surface area contributed by atoms with Crippen molar-refractivity contribution in [2.45, 2.75) is 25.9 Å². The Bertz CT molecular complexity index is 1740. The summed E-state index contributed by atoms with van der Waals surface area (Å²) in [4.78, 5) is 33.8. The smallest absolute Gasteiger partial charge is 0.263 e. The van der Waals surface area contributed by atoms with Gasteiger partial charge in [0.15, 0.2) is 0 Å². The van der Waals surface area contributed by atoms with Gasteiger partial charge in [0.05, 0.1) is 25.0 Å². The monoisotopic (exact) mass is 528 g/mol. The zero-order valence-electron chi connectivity index (χ0n) is 21.3. The normalized spacial score (nSPS) is 11.9. The molecule has 0 saturated heterocycles. The van der Waals surface area contributed by atoms with Gasteiger partial charge < -0.3 is 24.0 Å². The van der Waals surface area contributed by atoms with E-state index in [2.05, 4.69) is 32.1 Å². The van der Waals surface area contributed by atoms with Crippen LogP contribution in [-0.4, -0.2) is 37.7 Å². The third-order valence-corrected chi connectivity index (χ3v) is 6.29. The average molecular weight is 529 g/mol. The van der Waals surface area contributed by atoms with E-state index in [1.807, 2.05) is 6.07 Å². The Hall–Kier alpha value is -5.06. The molecule has 39 heavy (non-hydrogen) atoms. The first-order valence-corrected chi connectivity index (χ1v) is 12.1. The lowest BCUT2D eigenvalue weighted by molar-refractivity contribution is 0.0924. The second-order valence-corrected chi connectivity index (χ2v) is 8.96. The number of H-pyrrole nitrogens is 1. The van der Waals surface area contributed by atoms with Gasteiger partial charge in [0.1, 0.15) is 23.1 Å². The number of ether oxygens (including phenoxy) is 1. The largest absolute Gasteiger partial charge is 0.502 e. The number of carbonyl (C=O) groups is 1. The molecule has 2 N–H and O–H groups in total. The highest BCUT2D eigenvalue weighted by molar-refractivity contribution is 5.94. The molecule has 1 amide bonds. The molecule has 4 heterocycles. The number of amides is 1. The minimum absolute atomic E-state index is 0.0770. The molecule has 1 atom stereocenters. The summed E-state index contributed by atoms with van der Waals surface area (Å²) in [5.74, 6) is -0.229. The summed E-state index contributed by atoms with van der Waals surface area (Å²) >= 11 is 0. The number of nitrogens with zero attached hydrogens (tertiary/aromatic N) is 4. The van der Waals surface area contributed by atoms with Crippen molar-refractivity contribution in [1.82, 2.24) is 30.0 Å². The maximum atomic E-state index is 13.7. The van der Waals surface area contributed by atoms with E-state index in [1.54, 1.807) is 49.8 Å². The fourth-order valence-electron chi connectivity index (χ4n) is 4.20. The number of aromatic nitrogens is 5. The molecule has 5 aromatic rings. The van der Waals surface area contributed by atoms with Crippen LogP contribution in [-0.2, 0) is 11.3 Å². The van der Waals surface area contributed by atoms with E-state index >= 15 is 0 Å². The van der Waals surface area contributed by atoms with Crippen molar-refractivity contribution in [3.8, 4) is 11.5 Å². The number of benzene rings is 1. The van der Waals surface area contributed by atoms with Crippen molar-refractivity contribution in [2.24, 2.45) is 0 Å². The van der Waals surface area contributed by atoms with Crippen molar-refractivity contribution >= 4 is 16.9 Å². The lowest BCUT2D eigenvalue weighted by Crippen LogP contribution is -2.35. The Morgan fingerprint density at radius 2 is 2.10 bits per heavy atom. The zero-order valence-corrected chi connectivity index (χ0v) is 21.3. The summed E-state index contributed by atoms with van der Waals surface area (Å²) in [7, 11) is 1.46. The van der Waals surface area contributed by atoms with Gasteiger partial charge in [0, 0.05) is 30.4 Å². The second kappa shape index (κ2) is 10.7. The van der Waals surface area contributed by atoms with E-state index in [0.717, 1.165) is 10.9 Å². The summed E-state index contributed by atoms with van der Waals surface area (Å²) in [6.45, 7) is 5.67. The Labute approximate surface area is 222 Å². The van der Waals surface area contributed by atoms with Gasteiger partial charge in [-0.3, -0.25) is 9.59 Å². The van der Waals surface area contributed by atoms with E-state index in [9.17, 15) is 14.0 Å². The highest BCUT2D eigenvalue weighted by Gasteiger charge is 2.25. The molecule has 1 aromatic carbocycles. The van der Waals surface area contributed by atoms with Gasteiger partial charge in [-0.05, 0) is 48.4 Å². The topological polar surface area (TPSA) is 128 Å². The number of pyridine rings is 2. The van der Waals surface area contributed by atoms with Crippen LogP contribution >= 0.6 is 0 Å². The summed E-state index contributed by atoms with van der Waals surface area (Å²) in [5.41, 5.74) is 1.95. The van der Waals surface area contributed by atoms with E-state index in [0.29, 0.717) is 22.5 Å². The molecule has 0 saturated carbocycles. The Morgan fingerprint density at radius 3 is 2.90 bits per heavy atom. The first-order chi connectivity index (χ1) is 18.8. The molecular formula is C28H25FN6O4. The van der Waals surface area contributed by atoms with Crippen LogP contribution in [0.3, 0.4) is 0 Å². The third kappa shape index (κ3) is 5.33. The average Bonchev–Trinajstić information content (AvgIpc) is 3.59. The van der Waals surface area contributed by atoms with E-state index < -0.39 is 17.5 Å². The van der Waals surface area contributed by atoms with Gasteiger partial charge in [0.25, 0.3) is 11.5 Å². The predicted molar refractivity (Wildman–Crippen MR) is 141 cm³/mol. The standard InChI is InChI=1S/C28H25FN6O4/c1-16-12-18(8-9-22(16)29)15-35-11-5-7-20(28(35)37)25(36)32-23(13-17(2)38-3)27-34-33-26(39-27)21-14-31-24-19(21)6-4-10-30-24/h4-12,14,23H,2,13,15H2,1,3H3,(H,30,31)(H,32,36)/t23-/m0/s1. The minimum Gasteiger partial charge on any atom is -0.502 e. The van der Waals surface area contributed by atoms with Crippen LogP contribution in [0.1, 0.15) is 39.8 Å². The van der Waals surface area contributed by atoms with Crippen LogP contribution in [0.25, 0.3) is 22.5 Å². The Morgan fingerprint density at radius 1 is 1.26 bits per heavy atom. The maximum Gasteiger partial charge on any atom is 0.263 e. The number of aryl methyl sites for hydroxylation is 1. The minimum atomic E-state index is -0.817. The lowest BCUT2D eigenvalue weighted by atomic mass is 10.1. The van der Waals surface area contributed by atoms with Crippen molar-refractivity contribution in [3.63, 3.8) is 0 Å². The van der Waals surface area contributed by atoms with Crippen LogP contribution in [0.2, 0.25) is 0 Å². The van der Waals surface area contributed by atoms with Gasteiger partial charge in [-0.1, -0.05) is 18.7 Å². The molecule has 4 aromatic heterocycles. The number of carbonyl (C=O) groups excluding carboxylic acids is 1. The molecule has 0 fully saturated rings. The number of nitrogens with one attached hydrogen (secondary N) is 2. The molecule has 11 heteroatoms. The third-order valence-electron chi connectivity index (χ3n) is 6.29. The second-order valence-electron chi connectivity index (χ2n) is 8.96. The maximum absolute atomic E-state index is 13.7. The van der Waals surface area contributed by atoms with Crippen molar-refractivity contribution < 1.29 is 18.3 Å². The molecule has 0 unspecified atom stereocenters. The van der Waals surface area contributed by atoms with Gasteiger partial charge in [0.2, 0.25) is 11.8 Å². The van der Waals surface area contributed by atoms with Gasteiger partial charge >= 0.3 is 0 Å². The summed E-state index contributed by atoms with van der Waals surface area (Å²) < 4.78 is 26.2. The number of aromatic amines is 1. The number of halogens is 1. The molecule has 0 aliphatic rings. The van der Waals surface area contributed by atoms with Crippen LogP contribution in [0.15, 0.2) is 82.6 Å². The van der Waals surface area contributed by atoms with Crippen LogP contribution < -0.4 is 10.9 Å². The number of rotatable bonds is 9. The van der Waals surface area contributed by atoms with Crippen molar-refractivity contribution in [3.05, 3.63) is 112 Å². The molecule has 0 bridgehead atoms. The Kier molecular flexibility index (Phi) is 7.04. The fourth-order valence-corrected chi connectivity index (χ4v) is 4.20. The highest BCUT2D eigenvalue weighted by atomic mass is 19.1. The Balaban J connectivity index is 1.41. The summed E-state index contributed by atoms with van der Waals surface area (Å²) in [6, 6.07) is 10.5. The lowest BCUT2D eigenvalue weighted by Gasteiger charge is -2.16. The SMILES string of the molecule is C=C(C[C@H](NC(=O)c1cccn(Cc2ccc(F)c(C)c2)c1=O)c1nnc(-c2c[nH]c3ncccc23)o1)OC. The molecule has 198 valence electrons. The number of hydrogen-bond acceptors (Lipinski definition) is 7. The molecule has 5 rings (SSSR count). The van der Waals surface area contributed by atoms with Crippen LogP contribution in [0, 0.1) is 12.7 Å². The summed E-state index contributed by atoms with van der Waals surface area (Å²) in [5, 5.41) is 11.9. The van der Waals surface area contributed by atoms with Crippen LogP contribution in [0.5, 0.6) is 0 Å². The van der Waals surface area contributed by atoms with Gasteiger partial charge in [-0.15, -0.1) is 10.2 Å². The first kappa shape index (κ1) is 25.6. The first-order valence-electron chi connectivity index (χ1n) is 12.1. The molecular weight excluding hydrogens is 503 g/mol. The summed E-state index contributed by atoms with van der Waals surface area (Å²) in [6.07, 6.45) is 5.09. The van der Waals surface area contributed by atoms with E-state index in [-0.39, 0.29) is 36.1 Å². The molecule has 0 spiro atoms. The van der Waals surface area contributed by atoms with E-state index in [1.165, 1.54) is 23.8 Å². The highest BCUT2D eigenvalue weighted by Crippen LogP contribution is 2.29. The van der Waals surface area contributed by atoms with E-state index in [4.69, 9.17) is 9.15 Å². The molecule has 0 aliphatic carbocycles. The number of methoxy groups -OCH3 is 1. The fraction of sp³-hybridized carbons (Fsp3) is 0.179. The molecule has 0 aliphatic heterocycles. The number of fused-ring (bicyclic) bond motifs is 1. The van der Waals surface area contributed by atoms with Crippen molar-refractivity contribution in [1.29, 1.82) is 0 Å². The van der Waals surface area contributed by atoms with Gasteiger partial charge in [-0.25, -0.2) is 9.37 Å². The quantitative estimate of drug-likeness (QED) is 0.273. The number of hydrogen-bond donors (Lipinski definition) is 2. The van der Waals surface area contributed by atoms with Gasteiger partial charge in [-0.2, -0.15) is 0 Å². The van der Waals surface area contributed by atoms with Crippen molar-refractivity contribution in [2.75, 3.05) is 7.11 Å². The van der Waals surface area contributed by atoms with Crippen LogP contribution in [0.4, 0.5) is 4.39 Å². The zero-order chi connectivity index (χ0) is 27.5.